The number of aromatic hydroxyl groups is 1. The van der Waals surface area contributed by atoms with E-state index in [2.05, 4.69) is 103 Å². The maximum atomic E-state index is 9.36. The van der Waals surface area contributed by atoms with Crippen LogP contribution in [0.25, 0.3) is 5.57 Å². The van der Waals surface area contributed by atoms with E-state index >= 15 is 0 Å². The molecule has 1 aliphatic rings. The second-order valence-corrected chi connectivity index (χ2v) is 9.43. The fraction of sp³-hybridized carbons (Fsp3) is 0.320. The monoisotopic (exact) mass is 467 g/mol. The Morgan fingerprint density at radius 1 is 1.00 bits per heavy atom. The van der Waals surface area contributed by atoms with E-state index in [0.717, 1.165) is 12.0 Å². The minimum absolute atomic E-state index is 0. The molecule has 0 fully saturated rings. The quantitative estimate of drug-likeness (QED) is 0.341. The average molecular weight is 468 g/mol. The Balaban J connectivity index is 0. The van der Waals surface area contributed by atoms with Crippen LogP contribution in [0.5, 0.6) is 5.75 Å². The molecule has 0 saturated carbocycles. The van der Waals surface area contributed by atoms with Gasteiger partial charge in [0.25, 0.3) is 0 Å². The van der Waals surface area contributed by atoms with E-state index in [1.54, 1.807) is 6.07 Å². The summed E-state index contributed by atoms with van der Waals surface area (Å²) in [5.74, 6) is 0.361. The van der Waals surface area contributed by atoms with Gasteiger partial charge >= 0.3 is 37.6 Å². The predicted molar refractivity (Wildman–Crippen MR) is 129 cm³/mol. The maximum absolute atomic E-state index is 9.36. The number of hydrogen-bond donors (Lipinski definition) is 1. The molecule has 0 aliphatic heterocycles. The first kappa shape index (κ1) is 30.1. The Bertz CT molecular complexity index is 779. The molecule has 0 aromatic heterocycles. The van der Waals surface area contributed by atoms with Gasteiger partial charge in [0.05, 0.1) is 0 Å². The van der Waals surface area contributed by atoms with Crippen molar-refractivity contribution in [2.24, 2.45) is 0 Å². The molecule has 1 aliphatic carbocycles. The smallest absolute Gasteiger partial charge is 0.116 e. The molecule has 3 rings (SSSR count). The molecule has 0 unspecified atom stereocenters. The van der Waals surface area contributed by atoms with E-state index in [1.807, 2.05) is 19.1 Å². The fourth-order valence-electron chi connectivity index (χ4n) is 2.42. The Hall–Kier alpha value is -1.12. The number of benzene rings is 2. The molecule has 1 nitrogen and oxygen atoms in total. The molecule has 0 spiro atoms. The number of hydrogen-bond acceptors (Lipinski definition) is 1. The van der Waals surface area contributed by atoms with Crippen molar-refractivity contribution in [2.45, 2.75) is 53.4 Å². The van der Waals surface area contributed by atoms with Gasteiger partial charge in [0.1, 0.15) is 5.75 Å². The third-order valence-corrected chi connectivity index (χ3v) is 3.71. The van der Waals surface area contributed by atoms with Crippen LogP contribution < -0.4 is 0 Å². The standard InChI is InChI=1S/C11H16O.C11H9.C3H6.2ClH.Ti/c1-8-5-9(11(2,3)4)7-10(12)6-8;1-2-6-10(7-3-1)11-8-4-5-9-11;1-3-2;;;/h5-7,12H,1-4H3;1-4,6-8H,5H2;1-2H3;2*1H;/q;-1;;;;+1. The summed E-state index contributed by atoms with van der Waals surface area (Å²) in [6, 6.07) is 16.1. The molecule has 0 atom stereocenters. The van der Waals surface area contributed by atoms with E-state index in [4.69, 9.17) is 0 Å². The second-order valence-electron chi connectivity index (χ2n) is 7.87. The summed E-state index contributed by atoms with van der Waals surface area (Å²) in [7, 11) is 0. The topological polar surface area (TPSA) is 20.2 Å². The van der Waals surface area contributed by atoms with Crippen LogP contribution in [0.2, 0.25) is 0 Å². The van der Waals surface area contributed by atoms with Crippen LogP contribution in [0.1, 0.15) is 57.7 Å². The van der Waals surface area contributed by atoms with Crippen molar-refractivity contribution in [3.05, 3.63) is 83.4 Å². The van der Waals surface area contributed by atoms with Gasteiger partial charge < -0.3 is 5.11 Å². The molecule has 1 N–H and O–H groups in total. The van der Waals surface area contributed by atoms with Crippen molar-refractivity contribution < 1.29 is 25.1 Å². The first-order chi connectivity index (χ1) is 12.6. The molecule has 0 saturated heterocycles. The molecule has 2 aromatic carbocycles. The van der Waals surface area contributed by atoms with Gasteiger partial charge in [-0.25, -0.2) is 0 Å². The first-order valence-electron chi connectivity index (χ1n) is 9.25. The predicted octanol–water partition coefficient (Wildman–Crippen LogP) is 7.42. The second kappa shape index (κ2) is 14.8. The van der Waals surface area contributed by atoms with Crippen LogP contribution in [-0.2, 0) is 25.4 Å². The van der Waals surface area contributed by atoms with Gasteiger partial charge in [-0.15, -0.1) is 48.6 Å². The summed E-state index contributed by atoms with van der Waals surface area (Å²) in [6.45, 7) is 12.6. The number of phenols is 1. The zero-order valence-electron chi connectivity index (χ0n) is 18.2. The molecular formula is C25H33Cl2OTi. The molecule has 0 amide bonds. The molecular weight excluding hydrogens is 435 g/mol. The summed E-state index contributed by atoms with van der Waals surface area (Å²) >= 11 is 2.08. The van der Waals surface area contributed by atoms with Gasteiger partial charge in [0, 0.05) is 0 Å². The molecule has 0 heterocycles. The molecule has 4 heteroatoms. The van der Waals surface area contributed by atoms with Gasteiger partial charge in [0.15, 0.2) is 0 Å². The van der Waals surface area contributed by atoms with Gasteiger partial charge in [0.2, 0.25) is 0 Å². The third-order valence-electron chi connectivity index (χ3n) is 3.71. The number of rotatable bonds is 1. The normalized spacial score (nSPS) is 11.5. The van der Waals surface area contributed by atoms with E-state index in [9.17, 15) is 5.11 Å². The fourth-order valence-corrected chi connectivity index (χ4v) is 2.42. The first-order valence-corrected chi connectivity index (χ1v) is 10.0. The molecule has 157 valence electrons. The number of phenolic OH excluding ortho intramolecular Hbond substituents is 1. The van der Waals surface area contributed by atoms with Gasteiger partial charge in [-0.1, -0.05) is 51.5 Å². The Morgan fingerprint density at radius 3 is 1.97 bits per heavy atom. The number of aryl methyl sites for hydroxylation is 1. The molecule has 29 heavy (non-hydrogen) atoms. The maximum Gasteiger partial charge on any atom is 0.116 e. The van der Waals surface area contributed by atoms with Crippen molar-refractivity contribution >= 4 is 34.2 Å². The van der Waals surface area contributed by atoms with E-state index in [0.29, 0.717) is 5.75 Å². The van der Waals surface area contributed by atoms with E-state index < -0.39 is 0 Å². The van der Waals surface area contributed by atoms with Crippen molar-refractivity contribution in [3.8, 4) is 5.75 Å². The Labute approximate surface area is 201 Å². The van der Waals surface area contributed by atoms with Crippen LogP contribution in [0.3, 0.4) is 0 Å². The van der Waals surface area contributed by atoms with Crippen molar-refractivity contribution in [3.63, 3.8) is 0 Å². The molecule has 0 bridgehead atoms. The van der Waals surface area contributed by atoms with Crippen LogP contribution in [0.4, 0.5) is 0 Å². The zero-order valence-corrected chi connectivity index (χ0v) is 21.4. The van der Waals surface area contributed by atoms with Crippen molar-refractivity contribution in [2.75, 3.05) is 0 Å². The third kappa shape index (κ3) is 12.9. The van der Waals surface area contributed by atoms with E-state index in [1.165, 1.54) is 20.5 Å². The Kier molecular flexibility index (Phi) is 15.4. The van der Waals surface area contributed by atoms with Crippen LogP contribution in [0.15, 0.2) is 60.7 Å². The zero-order chi connectivity index (χ0) is 20.4. The number of halogens is 2. The van der Waals surface area contributed by atoms with Crippen LogP contribution in [0, 0.1) is 13.0 Å². The largest absolute Gasteiger partial charge is 0.508 e. The van der Waals surface area contributed by atoms with E-state index in [-0.39, 0.29) is 30.2 Å². The molecule has 0 radical (unpaired) electrons. The minimum atomic E-state index is 0. The van der Waals surface area contributed by atoms with Crippen LogP contribution in [-0.4, -0.2) is 8.92 Å². The average Bonchev–Trinajstić information content (AvgIpc) is 3.08. The minimum Gasteiger partial charge on any atom is -0.508 e. The summed E-state index contributed by atoms with van der Waals surface area (Å²) in [5, 5.41) is 9.36. The Morgan fingerprint density at radius 2 is 1.55 bits per heavy atom. The van der Waals surface area contributed by atoms with Gasteiger partial charge in [-0.2, -0.15) is 17.7 Å². The number of allylic oxidation sites excluding steroid dienone is 4. The van der Waals surface area contributed by atoms with Gasteiger partial charge in [-0.05, 0) is 35.6 Å². The molecule has 2 aromatic rings. The van der Waals surface area contributed by atoms with Crippen molar-refractivity contribution in [1.29, 1.82) is 0 Å². The van der Waals surface area contributed by atoms with Gasteiger partial charge in [-0.3, -0.25) is 0 Å². The summed E-state index contributed by atoms with van der Waals surface area (Å²) in [4.78, 5) is 0. The summed E-state index contributed by atoms with van der Waals surface area (Å²) < 4.78 is 1.42. The summed E-state index contributed by atoms with van der Waals surface area (Å²) in [6.07, 6.45) is 8.49. The van der Waals surface area contributed by atoms with Crippen molar-refractivity contribution in [1.82, 2.24) is 0 Å². The van der Waals surface area contributed by atoms with Crippen LogP contribution >= 0.6 is 24.8 Å². The SMILES string of the molecule is C[C](C)=[Ti+].Cc1cc(O)cc(C(C)(C)C)c1.Cl.Cl.[C-]1=C(c2ccccc2)C=CC1. The summed E-state index contributed by atoms with van der Waals surface area (Å²) in [5.41, 5.74) is 4.90.